The van der Waals surface area contributed by atoms with Crippen LogP contribution in [0.5, 0.6) is 0 Å². The van der Waals surface area contributed by atoms with Crippen LogP contribution in [-0.2, 0) is 22.7 Å². The van der Waals surface area contributed by atoms with Crippen LogP contribution in [0.3, 0.4) is 0 Å². The van der Waals surface area contributed by atoms with Gasteiger partial charge in [0.25, 0.3) is 5.91 Å². The van der Waals surface area contributed by atoms with Gasteiger partial charge < -0.3 is 16.0 Å². The molecule has 1 aromatic carbocycles. The van der Waals surface area contributed by atoms with E-state index in [0.29, 0.717) is 31.1 Å². The molecule has 1 aromatic rings. The minimum atomic E-state index is -0.571. The summed E-state index contributed by atoms with van der Waals surface area (Å²) in [4.78, 5) is 37.8. The lowest BCUT2D eigenvalue weighted by atomic mass is 9.87. The monoisotopic (exact) mass is 342 g/mol. The maximum atomic E-state index is 12.8. The molecule has 7 nitrogen and oxygen atoms in total. The zero-order valence-electron chi connectivity index (χ0n) is 14.0. The quantitative estimate of drug-likeness (QED) is 0.670. The molecule has 7 heteroatoms. The zero-order valence-corrected chi connectivity index (χ0v) is 14.0. The number of amides is 3. The lowest BCUT2D eigenvalue weighted by Crippen LogP contribution is -2.52. The van der Waals surface area contributed by atoms with Gasteiger partial charge in [0.15, 0.2) is 0 Å². The van der Waals surface area contributed by atoms with Crippen LogP contribution in [0.15, 0.2) is 18.2 Å². The molecule has 3 aliphatic rings. The molecule has 25 heavy (non-hydrogen) atoms. The first kappa shape index (κ1) is 16.2. The fraction of sp³-hybridized carbons (Fsp3) is 0.500. The van der Waals surface area contributed by atoms with Crippen LogP contribution in [0, 0.1) is 0 Å². The molecule has 1 unspecified atom stereocenters. The molecule has 2 heterocycles. The summed E-state index contributed by atoms with van der Waals surface area (Å²) in [5, 5.41) is 5.79. The maximum absolute atomic E-state index is 12.8. The first-order valence-electron chi connectivity index (χ1n) is 8.79. The molecule has 3 atom stereocenters. The molecule has 1 saturated heterocycles. The first-order valence-corrected chi connectivity index (χ1v) is 8.79. The van der Waals surface area contributed by atoms with Crippen LogP contribution in [-0.4, -0.2) is 40.7 Å². The van der Waals surface area contributed by atoms with E-state index in [2.05, 4.69) is 10.6 Å². The predicted octanol–water partition coefficient (Wildman–Crippen LogP) is 0.0269. The van der Waals surface area contributed by atoms with Crippen LogP contribution in [0.25, 0.3) is 0 Å². The lowest BCUT2D eigenvalue weighted by molar-refractivity contribution is -0.136. The number of nitrogens with zero attached hydrogens (tertiary/aromatic N) is 1. The maximum Gasteiger partial charge on any atom is 0.255 e. The topological polar surface area (TPSA) is 105 Å². The molecule has 1 saturated carbocycles. The van der Waals surface area contributed by atoms with Crippen molar-refractivity contribution in [2.45, 2.75) is 56.9 Å². The van der Waals surface area contributed by atoms with Gasteiger partial charge in [-0.15, -0.1) is 0 Å². The number of hydrogen-bond donors (Lipinski definition) is 3. The highest BCUT2D eigenvalue weighted by atomic mass is 16.2. The number of nitrogens with two attached hydrogens (primary N) is 1. The minimum Gasteiger partial charge on any atom is -0.326 e. The Hall–Kier alpha value is -2.25. The van der Waals surface area contributed by atoms with E-state index in [9.17, 15) is 14.4 Å². The van der Waals surface area contributed by atoms with Gasteiger partial charge in [0, 0.05) is 37.2 Å². The van der Waals surface area contributed by atoms with Crippen LogP contribution >= 0.6 is 0 Å². The van der Waals surface area contributed by atoms with E-state index in [1.54, 1.807) is 4.90 Å². The minimum absolute atomic E-state index is 0.133. The van der Waals surface area contributed by atoms with E-state index in [1.807, 2.05) is 18.2 Å². The second kappa shape index (κ2) is 6.24. The fourth-order valence-corrected chi connectivity index (χ4v) is 3.84. The summed E-state index contributed by atoms with van der Waals surface area (Å²) in [5.74, 6) is -0.781. The van der Waals surface area contributed by atoms with Crippen LogP contribution < -0.4 is 16.4 Å². The van der Waals surface area contributed by atoms with Crippen molar-refractivity contribution < 1.29 is 14.4 Å². The van der Waals surface area contributed by atoms with Crippen molar-refractivity contribution in [3.05, 3.63) is 34.9 Å². The standard InChI is InChI=1S/C18H22N4O3/c19-13-4-5-14(13)20-8-10-2-1-3-11-12(10)9-22(18(11)25)15-6-7-16(23)21-17(15)24/h1-3,13-15,20H,4-9,19H2,(H,21,23,24)/t13-,14+,15?/m1/s1. The lowest BCUT2D eigenvalue weighted by Gasteiger charge is -2.34. The largest absolute Gasteiger partial charge is 0.326 e. The third kappa shape index (κ3) is 2.83. The Bertz CT molecular complexity index is 748. The van der Waals surface area contributed by atoms with E-state index in [0.717, 1.165) is 24.0 Å². The van der Waals surface area contributed by atoms with Gasteiger partial charge in [-0.25, -0.2) is 0 Å². The highest BCUT2D eigenvalue weighted by Gasteiger charge is 2.39. The second-order valence-corrected chi connectivity index (χ2v) is 7.07. The molecule has 4 N–H and O–H groups in total. The van der Waals surface area contributed by atoms with Crippen molar-refractivity contribution in [3.8, 4) is 0 Å². The summed E-state index contributed by atoms with van der Waals surface area (Å²) < 4.78 is 0. The van der Waals surface area contributed by atoms with Crippen molar-refractivity contribution in [2.75, 3.05) is 0 Å². The predicted molar refractivity (Wildman–Crippen MR) is 90.3 cm³/mol. The number of imide groups is 1. The van der Waals surface area contributed by atoms with E-state index in [4.69, 9.17) is 5.73 Å². The Morgan fingerprint density at radius 3 is 2.72 bits per heavy atom. The van der Waals surface area contributed by atoms with Gasteiger partial charge in [0.05, 0.1) is 0 Å². The molecule has 2 fully saturated rings. The van der Waals surface area contributed by atoms with Crippen molar-refractivity contribution in [1.82, 2.24) is 15.5 Å². The number of benzene rings is 1. The SMILES string of the molecule is N[C@@H]1CC[C@@H]1NCc1cccc2c1CN(C1CCC(=O)NC1=O)C2=O. The Labute approximate surface area is 145 Å². The van der Waals surface area contributed by atoms with Gasteiger partial charge >= 0.3 is 0 Å². The van der Waals surface area contributed by atoms with Gasteiger partial charge in [-0.1, -0.05) is 12.1 Å². The van der Waals surface area contributed by atoms with E-state index < -0.39 is 6.04 Å². The zero-order chi connectivity index (χ0) is 17.6. The van der Waals surface area contributed by atoms with Crippen LogP contribution in [0.2, 0.25) is 0 Å². The smallest absolute Gasteiger partial charge is 0.255 e. The van der Waals surface area contributed by atoms with Gasteiger partial charge in [0.1, 0.15) is 6.04 Å². The summed E-state index contributed by atoms with van der Waals surface area (Å²) >= 11 is 0. The average Bonchev–Trinajstić information content (AvgIpc) is 2.91. The molecule has 0 bridgehead atoms. The van der Waals surface area contributed by atoms with E-state index in [1.165, 1.54) is 0 Å². The molecule has 0 aromatic heterocycles. The number of carbonyl (C=O) groups is 3. The molecule has 0 spiro atoms. The van der Waals surface area contributed by atoms with Gasteiger partial charge in [0.2, 0.25) is 11.8 Å². The fourth-order valence-electron chi connectivity index (χ4n) is 3.84. The third-order valence-corrected chi connectivity index (χ3v) is 5.56. The third-order valence-electron chi connectivity index (χ3n) is 5.56. The van der Waals surface area contributed by atoms with Crippen molar-refractivity contribution >= 4 is 17.7 Å². The van der Waals surface area contributed by atoms with Crippen LogP contribution in [0.4, 0.5) is 0 Å². The van der Waals surface area contributed by atoms with Crippen molar-refractivity contribution in [2.24, 2.45) is 5.73 Å². The summed E-state index contributed by atoms with van der Waals surface area (Å²) in [6.45, 7) is 1.08. The van der Waals surface area contributed by atoms with Crippen LogP contribution in [0.1, 0.15) is 47.2 Å². The Balaban J connectivity index is 1.51. The first-order chi connectivity index (χ1) is 12.0. The molecule has 0 radical (unpaired) electrons. The highest BCUT2D eigenvalue weighted by molar-refractivity contribution is 6.05. The Morgan fingerprint density at radius 2 is 2.04 bits per heavy atom. The number of fused-ring (bicyclic) bond motifs is 1. The molecule has 2 aliphatic heterocycles. The van der Waals surface area contributed by atoms with E-state index in [-0.39, 0.29) is 30.2 Å². The Kier molecular flexibility index (Phi) is 4.05. The summed E-state index contributed by atoms with van der Waals surface area (Å²) in [6.07, 6.45) is 2.78. The molecule has 4 rings (SSSR count). The number of piperidine rings is 1. The van der Waals surface area contributed by atoms with Gasteiger partial charge in [-0.2, -0.15) is 0 Å². The summed E-state index contributed by atoms with van der Waals surface area (Å²) in [7, 11) is 0. The molecular formula is C18H22N4O3. The van der Waals surface area contributed by atoms with E-state index >= 15 is 0 Å². The molecule has 1 aliphatic carbocycles. The number of nitrogens with one attached hydrogen (secondary N) is 2. The second-order valence-electron chi connectivity index (χ2n) is 7.07. The number of rotatable bonds is 4. The van der Waals surface area contributed by atoms with Gasteiger partial charge in [-0.3, -0.25) is 19.7 Å². The number of carbonyl (C=O) groups excluding carboxylic acids is 3. The van der Waals surface area contributed by atoms with Crippen molar-refractivity contribution in [1.29, 1.82) is 0 Å². The van der Waals surface area contributed by atoms with Gasteiger partial charge in [-0.05, 0) is 36.5 Å². The average molecular weight is 342 g/mol. The molecule has 3 amide bonds. The number of hydrogen-bond acceptors (Lipinski definition) is 5. The molecular weight excluding hydrogens is 320 g/mol. The van der Waals surface area contributed by atoms with Crippen molar-refractivity contribution in [3.63, 3.8) is 0 Å². The normalized spacial score (nSPS) is 28.6. The highest BCUT2D eigenvalue weighted by Crippen LogP contribution is 2.30. The Morgan fingerprint density at radius 1 is 1.20 bits per heavy atom. The summed E-state index contributed by atoms with van der Waals surface area (Å²) in [6, 6.07) is 5.66. The summed E-state index contributed by atoms with van der Waals surface area (Å²) in [5.41, 5.74) is 8.66. The molecule has 132 valence electrons.